The number of nitriles is 1. The van der Waals surface area contributed by atoms with E-state index in [-0.39, 0.29) is 0 Å². The summed E-state index contributed by atoms with van der Waals surface area (Å²) < 4.78 is 0. The summed E-state index contributed by atoms with van der Waals surface area (Å²) in [6, 6.07) is 8.34. The predicted octanol–water partition coefficient (Wildman–Crippen LogP) is 3.52. The van der Waals surface area contributed by atoms with Gasteiger partial charge in [0.05, 0.1) is 11.6 Å². The lowest BCUT2D eigenvalue weighted by Crippen LogP contribution is -2.15. The Balaban J connectivity index is 2.08. The Labute approximate surface area is 109 Å². The van der Waals surface area contributed by atoms with Gasteiger partial charge in [-0.15, -0.1) is 0 Å². The lowest BCUT2D eigenvalue weighted by atomic mass is 9.76. The van der Waals surface area contributed by atoms with Gasteiger partial charge in [-0.25, -0.2) is 0 Å². The molecule has 0 heterocycles. The van der Waals surface area contributed by atoms with Crippen molar-refractivity contribution in [2.24, 2.45) is 5.92 Å². The standard InChI is InChI=1S/C16H21NO/c1-12-15(11-17)3-2-4-16(12)14-7-5-13(6-8-14)9-10-18/h2-4,13-14,18H,5-10H2,1H3. The SMILES string of the molecule is Cc1c(C#N)cccc1C1CCC(CCO)CC1. The maximum atomic E-state index is 9.08. The molecule has 2 heteroatoms. The van der Waals surface area contributed by atoms with Gasteiger partial charge in [0.15, 0.2) is 0 Å². The Morgan fingerprint density at radius 1 is 1.28 bits per heavy atom. The van der Waals surface area contributed by atoms with E-state index in [0.717, 1.165) is 17.5 Å². The first kappa shape index (κ1) is 13.1. The Hall–Kier alpha value is -1.33. The minimum absolute atomic E-state index is 0.318. The predicted molar refractivity (Wildman–Crippen MR) is 72.3 cm³/mol. The highest BCUT2D eigenvalue weighted by molar-refractivity contribution is 5.43. The number of aliphatic hydroxyl groups excluding tert-OH is 1. The van der Waals surface area contributed by atoms with Crippen LogP contribution >= 0.6 is 0 Å². The number of rotatable bonds is 3. The number of benzene rings is 1. The molecule has 0 spiro atoms. The van der Waals surface area contributed by atoms with Crippen LogP contribution in [0.3, 0.4) is 0 Å². The van der Waals surface area contributed by atoms with Gasteiger partial charge >= 0.3 is 0 Å². The van der Waals surface area contributed by atoms with Gasteiger partial charge in [0.1, 0.15) is 0 Å². The van der Waals surface area contributed by atoms with Crippen molar-refractivity contribution in [2.75, 3.05) is 6.61 Å². The molecule has 1 N–H and O–H groups in total. The molecule has 96 valence electrons. The molecule has 1 aliphatic carbocycles. The van der Waals surface area contributed by atoms with Gasteiger partial charge in [-0.1, -0.05) is 12.1 Å². The summed E-state index contributed by atoms with van der Waals surface area (Å²) in [5, 5.41) is 18.1. The zero-order chi connectivity index (χ0) is 13.0. The van der Waals surface area contributed by atoms with Crippen molar-refractivity contribution in [1.82, 2.24) is 0 Å². The van der Waals surface area contributed by atoms with E-state index in [0.29, 0.717) is 18.4 Å². The fourth-order valence-corrected chi connectivity index (χ4v) is 3.16. The number of nitrogens with zero attached hydrogens (tertiary/aromatic N) is 1. The maximum absolute atomic E-state index is 9.08. The van der Waals surface area contributed by atoms with Gasteiger partial charge in [0.25, 0.3) is 0 Å². The second-order valence-electron chi connectivity index (χ2n) is 5.36. The van der Waals surface area contributed by atoms with E-state index in [1.54, 1.807) is 0 Å². The van der Waals surface area contributed by atoms with Gasteiger partial charge in [0.2, 0.25) is 0 Å². The van der Waals surface area contributed by atoms with Crippen LogP contribution in [0.4, 0.5) is 0 Å². The molecule has 0 aromatic heterocycles. The van der Waals surface area contributed by atoms with Gasteiger partial charge in [-0.3, -0.25) is 0 Å². The minimum Gasteiger partial charge on any atom is -0.396 e. The molecule has 0 atom stereocenters. The van der Waals surface area contributed by atoms with Gasteiger partial charge < -0.3 is 5.11 Å². The Morgan fingerprint density at radius 3 is 2.61 bits per heavy atom. The monoisotopic (exact) mass is 243 g/mol. The van der Waals surface area contributed by atoms with E-state index in [9.17, 15) is 0 Å². The van der Waals surface area contributed by atoms with Crippen LogP contribution in [-0.4, -0.2) is 11.7 Å². The van der Waals surface area contributed by atoms with Crippen molar-refractivity contribution in [3.63, 3.8) is 0 Å². The molecule has 1 aromatic rings. The second-order valence-corrected chi connectivity index (χ2v) is 5.36. The van der Waals surface area contributed by atoms with Crippen molar-refractivity contribution in [3.05, 3.63) is 34.9 Å². The molecule has 0 radical (unpaired) electrons. The summed E-state index contributed by atoms with van der Waals surface area (Å²) in [4.78, 5) is 0. The number of aliphatic hydroxyl groups is 1. The van der Waals surface area contributed by atoms with Crippen LogP contribution in [0.25, 0.3) is 0 Å². The van der Waals surface area contributed by atoms with Crippen LogP contribution in [0.1, 0.15) is 54.7 Å². The average Bonchev–Trinajstić information content (AvgIpc) is 2.41. The Bertz CT molecular complexity index is 439. The zero-order valence-electron chi connectivity index (χ0n) is 11.0. The normalized spacial score (nSPS) is 23.6. The number of hydrogen-bond acceptors (Lipinski definition) is 2. The topological polar surface area (TPSA) is 44.0 Å². The van der Waals surface area contributed by atoms with Crippen molar-refractivity contribution in [2.45, 2.75) is 44.9 Å². The molecule has 1 aliphatic rings. The van der Waals surface area contributed by atoms with Crippen molar-refractivity contribution in [3.8, 4) is 6.07 Å². The van der Waals surface area contributed by atoms with E-state index in [1.807, 2.05) is 12.1 Å². The molecule has 2 nitrogen and oxygen atoms in total. The highest BCUT2D eigenvalue weighted by atomic mass is 16.3. The van der Waals surface area contributed by atoms with E-state index in [2.05, 4.69) is 19.1 Å². The van der Waals surface area contributed by atoms with Gasteiger partial charge in [0, 0.05) is 6.61 Å². The van der Waals surface area contributed by atoms with E-state index >= 15 is 0 Å². The Kier molecular flexibility index (Phi) is 4.38. The molecule has 18 heavy (non-hydrogen) atoms. The van der Waals surface area contributed by atoms with E-state index < -0.39 is 0 Å². The fraction of sp³-hybridized carbons (Fsp3) is 0.562. The molecule has 1 saturated carbocycles. The summed E-state index contributed by atoms with van der Waals surface area (Å²) >= 11 is 0. The summed E-state index contributed by atoms with van der Waals surface area (Å²) in [6.07, 6.45) is 5.76. The molecule has 1 fully saturated rings. The molecule has 0 bridgehead atoms. The molecule has 1 aromatic carbocycles. The summed E-state index contributed by atoms with van der Waals surface area (Å²) in [6.45, 7) is 2.38. The second kappa shape index (κ2) is 6.02. The minimum atomic E-state index is 0.318. The van der Waals surface area contributed by atoms with E-state index in [4.69, 9.17) is 10.4 Å². The van der Waals surface area contributed by atoms with Crippen LogP contribution in [0.5, 0.6) is 0 Å². The van der Waals surface area contributed by atoms with Gasteiger partial charge in [-0.2, -0.15) is 5.26 Å². The highest BCUT2D eigenvalue weighted by Gasteiger charge is 2.23. The van der Waals surface area contributed by atoms with Crippen LogP contribution in [0.2, 0.25) is 0 Å². The Morgan fingerprint density at radius 2 is 2.00 bits per heavy atom. The molecular formula is C16H21NO. The maximum Gasteiger partial charge on any atom is 0.0994 e. The highest BCUT2D eigenvalue weighted by Crippen LogP contribution is 2.38. The average molecular weight is 243 g/mol. The van der Waals surface area contributed by atoms with Crippen LogP contribution in [-0.2, 0) is 0 Å². The lowest BCUT2D eigenvalue weighted by Gasteiger charge is -2.29. The summed E-state index contributed by atoms with van der Waals surface area (Å²) in [5.41, 5.74) is 3.33. The molecule has 0 aliphatic heterocycles. The smallest absolute Gasteiger partial charge is 0.0994 e. The first-order valence-corrected chi connectivity index (χ1v) is 6.86. The quantitative estimate of drug-likeness (QED) is 0.882. The van der Waals surface area contributed by atoms with Crippen molar-refractivity contribution < 1.29 is 5.11 Å². The van der Waals surface area contributed by atoms with Gasteiger partial charge in [-0.05, 0) is 68.1 Å². The lowest BCUT2D eigenvalue weighted by molar-refractivity contribution is 0.222. The molecule has 0 amide bonds. The van der Waals surface area contributed by atoms with E-state index in [1.165, 1.54) is 31.2 Å². The first-order chi connectivity index (χ1) is 8.76. The molecule has 2 rings (SSSR count). The first-order valence-electron chi connectivity index (χ1n) is 6.86. The molecule has 0 saturated heterocycles. The third-order valence-corrected chi connectivity index (χ3v) is 4.32. The third kappa shape index (κ3) is 2.73. The largest absolute Gasteiger partial charge is 0.396 e. The summed E-state index contributed by atoms with van der Waals surface area (Å²) in [7, 11) is 0. The van der Waals surface area contributed by atoms with Crippen LogP contribution in [0, 0.1) is 24.2 Å². The van der Waals surface area contributed by atoms with Crippen LogP contribution < -0.4 is 0 Å². The molecular weight excluding hydrogens is 222 g/mol. The van der Waals surface area contributed by atoms with Crippen molar-refractivity contribution in [1.29, 1.82) is 5.26 Å². The number of hydrogen-bond donors (Lipinski definition) is 1. The summed E-state index contributed by atoms with van der Waals surface area (Å²) in [5.74, 6) is 1.30. The fourth-order valence-electron chi connectivity index (χ4n) is 3.16. The van der Waals surface area contributed by atoms with Crippen LogP contribution in [0.15, 0.2) is 18.2 Å². The van der Waals surface area contributed by atoms with Crippen molar-refractivity contribution >= 4 is 0 Å². The third-order valence-electron chi connectivity index (χ3n) is 4.32. The molecule has 0 unspecified atom stereocenters. The zero-order valence-corrected chi connectivity index (χ0v) is 11.0.